The van der Waals surface area contributed by atoms with E-state index in [4.69, 9.17) is 0 Å². The van der Waals surface area contributed by atoms with Gasteiger partial charge in [0.1, 0.15) is 11.7 Å². The van der Waals surface area contributed by atoms with Crippen LogP contribution in [0.5, 0.6) is 0 Å². The second-order valence-corrected chi connectivity index (χ2v) is 8.44. The molecule has 1 aliphatic rings. The first-order valence-corrected chi connectivity index (χ1v) is 10.9. The summed E-state index contributed by atoms with van der Waals surface area (Å²) in [5.74, 6) is -1.03. The number of nitrogens with zero attached hydrogens (tertiary/aromatic N) is 4. The average molecular weight is 481 g/mol. The molecular weight excluding hydrogens is 459 g/mol. The summed E-state index contributed by atoms with van der Waals surface area (Å²) in [6.45, 7) is 0.0325. The summed E-state index contributed by atoms with van der Waals surface area (Å²) in [5.41, 5.74) is 0.196. The SMILES string of the molecule is CN(CC(=O)N1CC(/C=N\c2ccccc2)CC1C#N)C(=O)c1cc2ccc(C(F)(F)F)cc2[nH]1. The van der Waals surface area contributed by atoms with E-state index in [9.17, 15) is 28.0 Å². The first kappa shape index (κ1) is 24.0. The van der Waals surface area contributed by atoms with Crippen molar-refractivity contribution in [2.24, 2.45) is 10.9 Å². The standard InChI is InChI=1S/C25H22F3N5O2/c1-32(24(35)22-10-17-7-8-18(25(26,27)28)11-21(17)31-22)15-23(34)33-14-16(9-20(33)12-29)13-30-19-5-3-2-4-6-19/h2-8,10-11,13,16,20,31H,9,14-15H2,1H3/b30-13-. The number of carbonyl (C=O) groups is 2. The van der Waals surface area contributed by atoms with Crippen molar-refractivity contribution in [1.82, 2.24) is 14.8 Å². The molecule has 10 heteroatoms. The van der Waals surface area contributed by atoms with E-state index in [0.29, 0.717) is 18.4 Å². The Kier molecular flexibility index (Phi) is 6.60. The van der Waals surface area contributed by atoms with Gasteiger partial charge in [-0.2, -0.15) is 18.4 Å². The highest BCUT2D eigenvalue weighted by molar-refractivity contribution is 5.99. The van der Waals surface area contributed by atoms with Crippen LogP contribution in [0.4, 0.5) is 18.9 Å². The summed E-state index contributed by atoms with van der Waals surface area (Å²) in [5, 5.41) is 9.97. The minimum absolute atomic E-state index is 0.0701. The lowest BCUT2D eigenvalue weighted by molar-refractivity contribution is -0.137. The van der Waals surface area contributed by atoms with E-state index in [1.165, 1.54) is 29.0 Å². The van der Waals surface area contributed by atoms with E-state index in [1.54, 1.807) is 6.21 Å². The fourth-order valence-corrected chi connectivity index (χ4v) is 4.07. The fourth-order valence-electron chi connectivity index (χ4n) is 4.07. The first-order valence-electron chi connectivity index (χ1n) is 10.9. The van der Waals surface area contributed by atoms with Gasteiger partial charge < -0.3 is 14.8 Å². The monoisotopic (exact) mass is 481 g/mol. The van der Waals surface area contributed by atoms with Gasteiger partial charge in [-0.15, -0.1) is 0 Å². The van der Waals surface area contributed by atoms with Crippen LogP contribution >= 0.6 is 0 Å². The Morgan fingerprint density at radius 2 is 1.97 bits per heavy atom. The Hall–Kier alpha value is -4.13. The molecule has 0 spiro atoms. The summed E-state index contributed by atoms with van der Waals surface area (Å²) >= 11 is 0. The molecule has 1 aromatic heterocycles. The van der Waals surface area contributed by atoms with E-state index >= 15 is 0 Å². The molecule has 1 N–H and O–H groups in total. The van der Waals surface area contributed by atoms with Crippen molar-refractivity contribution in [3.63, 3.8) is 0 Å². The number of rotatable bonds is 5. The Morgan fingerprint density at radius 3 is 2.66 bits per heavy atom. The smallest absolute Gasteiger partial charge is 0.351 e. The summed E-state index contributed by atoms with van der Waals surface area (Å²) in [4.78, 5) is 35.5. The molecule has 180 valence electrons. The van der Waals surface area contributed by atoms with E-state index in [0.717, 1.165) is 17.8 Å². The lowest BCUT2D eigenvalue weighted by Gasteiger charge is -2.23. The number of nitrogens with one attached hydrogen (secondary N) is 1. The van der Waals surface area contributed by atoms with Crippen LogP contribution < -0.4 is 0 Å². The molecule has 0 saturated carbocycles. The number of aromatic nitrogens is 1. The zero-order valence-electron chi connectivity index (χ0n) is 18.8. The molecule has 2 unspecified atom stereocenters. The number of aromatic amines is 1. The van der Waals surface area contributed by atoms with Gasteiger partial charge in [0.2, 0.25) is 5.91 Å². The molecule has 35 heavy (non-hydrogen) atoms. The van der Waals surface area contributed by atoms with Gasteiger partial charge in [0.05, 0.1) is 23.9 Å². The highest BCUT2D eigenvalue weighted by atomic mass is 19.4. The minimum atomic E-state index is -4.50. The maximum Gasteiger partial charge on any atom is 0.416 e. The molecule has 2 atom stereocenters. The summed E-state index contributed by atoms with van der Waals surface area (Å²) in [7, 11) is 1.43. The van der Waals surface area contributed by atoms with Crippen molar-refractivity contribution in [2.75, 3.05) is 20.1 Å². The predicted molar refractivity (Wildman–Crippen MR) is 124 cm³/mol. The lowest BCUT2D eigenvalue weighted by atomic mass is 10.1. The maximum absolute atomic E-state index is 13.0. The van der Waals surface area contributed by atoms with Crippen molar-refractivity contribution in [2.45, 2.75) is 18.6 Å². The number of carbonyl (C=O) groups excluding carboxylic acids is 2. The maximum atomic E-state index is 13.0. The molecule has 7 nitrogen and oxygen atoms in total. The van der Waals surface area contributed by atoms with Gasteiger partial charge in [-0.25, -0.2) is 0 Å². The number of fused-ring (bicyclic) bond motifs is 1. The van der Waals surface area contributed by atoms with E-state index in [-0.39, 0.29) is 23.7 Å². The number of benzene rings is 2. The summed E-state index contributed by atoms with van der Waals surface area (Å²) in [6, 6.07) is 15.4. The van der Waals surface area contributed by atoms with Crippen molar-refractivity contribution in [3.8, 4) is 6.07 Å². The topological polar surface area (TPSA) is 92.6 Å². The largest absolute Gasteiger partial charge is 0.416 e. The third-order valence-corrected chi connectivity index (χ3v) is 5.89. The molecule has 1 aliphatic heterocycles. The van der Waals surface area contributed by atoms with Crippen LogP contribution in [0.2, 0.25) is 0 Å². The molecule has 0 aliphatic carbocycles. The molecule has 2 amide bonds. The Bertz CT molecular complexity index is 1310. The number of likely N-dealkylation sites (tertiary alicyclic amines) is 1. The third kappa shape index (κ3) is 5.35. The van der Waals surface area contributed by atoms with Gasteiger partial charge in [-0.3, -0.25) is 14.6 Å². The highest BCUT2D eigenvalue weighted by Crippen LogP contribution is 2.31. The van der Waals surface area contributed by atoms with E-state index in [2.05, 4.69) is 16.0 Å². The zero-order valence-corrected chi connectivity index (χ0v) is 18.8. The van der Waals surface area contributed by atoms with Crippen LogP contribution in [0, 0.1) is 17.2 Å². The number of halogens is 3. The van der Waals surface area contributed by atoms with E-state index in [1.807, 2.05) is 30.3 Å². The van der Waals surface area contributed by atoms with Crippen molar-refractivity contribution in [1.29, 1.82) is 5.26 Å². The number of alkyl halides is 3. The van der Waals surface area contributed by atoms with Crippen molar-refractivity contribution < 1.29 is 22.8 Å². The van der Waals surface area contributed by atoms with Crippen LogP contribution in [0.25, 0.3) is 10.9 Å². The number of aliphatic imine (C=N–C) groups is 1. The molecule has 4 rings (SSSR count). The number of amides is 2. The minimum Gasteiger partial charge on any atom is -0.351 e. The number of likely N-dealkylation sites (N-methyl/N-ethyl adjacent to an activating group) is 1. The van der Waals surface area contributed by atoms with Gasteiger partial charge in [0, 0.05) is 36.6 Å². The van der Waals surface area contributed by atoms with Gasteiger partial charge >= 0.3 is 6.18 Å². The van der Waals surface area contributed by atoms with Gasteiger partial charge in [-0.05, 0) is 36.8 Å². The van der Waals surface area contributed by atoms with Crippen LogP contribution in [-0.2, 0) is 11.0 Å². The van der Waals surface area contributed by atoms with Crippen molar-refractivity contribution in [3.05, 3.63) is 65.9 Å². The molecule has 3 aromatic rings. The zero-order chi connectivity index (χ0) is 25.2. The first-order chi connectivity index (χ1) is 16.7. The molecule has 2 heterocycles. The number of H-pyrrole nitrogens is 1. The van der Waals surface area contributed by atoms with Crippen LogP contribution in [0.3, 0.4) is 0 Å². The summed E-state index contributed by atoms with van der Waals surface area (Å²) < 4.78 is 38.9. The predicted octanol–water partition coefficient (Wildman–Crippen LogP) is 4.40. The summed E-state index contributed by atoms with van der Waals surface area (Å²) in [6.07, 6.45) is -2.31. The van der Waals surface area contributed by atoms with Crippen molar-refractivity contribution >= 4 is 34.6 Å². The van der Waals surface area contributed by atoms with Gasteiger partial charge in [0.15, 0.2) is 0 Å². The number of hydrogen-bond acceptors (Lipinski definition) is 4. The molecule has 1 fully saturated rings. The number of nitriles is 1. The average Bonchev–Trinajstić information content (AvgIpc) is 3.46. The molecule has 0 bridgehead atoms. The Balaban J connectivity index is 1.42. The third-order valence-electron chi connectivity index (χ3n) is 5.89. The van der Waals surface area contributed by atoms with Crippen LogP contribution in [0.15, 0.2) is 59.6 Å². The number of hydrogen-bond donors (Lipinski definition) is 1. The highest BCUT2D eigenvalue weighted by Gasteiger charge is 2.35. The van der Waals surface area contributed by atoms with Gasteiger partial charge in [-0.1, -0.05) is 24.3 Å². The number of para-hydroxylation sites is 1. The fraction of sp³-hybridized carbons (Fsp3) is 0.280. The second kappa shape index (κ2) is 9.62. The van der Waals surface area contributed by atoms with Gasteiger partial charge in [0.25, 0.3) is 5.91 Å². The normalized spacial score (nSPS) is 18.2. The quantitative estimate of drug-likeness (QED) is 0.548. The lowest BCUT2D eigenvalue weighted by Crippen LogP contribution is -2.43. The van der Waals surface area contributed by atoms with Crippen LogP contribution in [0.1, 0.15) is 22.5 Å². The molecule has 2 aromatic carbocycles. The molecule has 1 saturated heterocycles. The van der Waals surface area contributed by atoms with Crippen LogP contribution in [-0.4, -0.2) is 59.0 Å². The molecule has 0 radical (unpaired) electrons. The Labute approximate surface area is 199 Å². The molecular formula is C25H22F3N5O2. The Morgan fingerprint density at radius 1 is 1.23 bits per heavy atom. The van der Waals surface area contributed by atoms with E-state index < -0.39 is 29.6 Å². The second-order valence-electron chi connectivity index (χ2n) is 8.44.